The Balaban J connectivity index is 2.46. The van der Waals surface area contributed by atoms with Gasteiger partial charge in [0.2, 0.25) is 5.91 Å². The van der Waals surface area contributed by atoms with E-state index in [1.165, 1.54) is 6.20 Å². The summed E-state index contributed by atoms with van der Waals surface area (Å²) in [7, 11) is 0. The lowest BCUT2D eigenvalue weighted by molar-refractivity contribution is -0.119. The number of pyridine rings is 1. The Labute approximate surface area is 111 Å². The van der Waals surface area contributed by atoms with Crippen molar-refractivity contribution in [1.29, 1.82) is 0 Å². The first-order valence-corrected chi connectivity index (χ1v) is 6.26. The summed E-state index contributed by atoms with van der Waals surface area (Å²) in [5, 5.41) is 9.23. The molecule has 1 unspecified atom stereocenters. The Morgan fingerprint density at radius 3 is 2.84 bits per heavy atom. The summed E-state index contributed by atoms with van der Waals surface area (Å²) in [6.45, 7) is 2.43. The first kappa shape index (κ1) is 13.3. The molecule has 1 amide bonds. The number of hydrogen-bond acceptors (Lipinski definition) is 4. The maximum absolute atomic E-state index is 11.5. The molecule has 1 aliphatic heterocycles. The number of carbonyl (C=O) groups is 2. The molecule has 1 atom stereocenters. The van der Waals surface area contributed by atoms with Gasteiger partial charge in [-0.15, -0.1) is 0 Å². The van der Waals surface area contributed by atoms with Crippen LogP contribution in [0.25, 0.3) is 0 Å². The fourth-order valence-corrected chi connectivity index (χ4v) is 2.46. The highest BCUT2D eigenvalue weighted by Crippen LogP contribution is 2.28. The minimum atomic E-state index is -1.05. The van der Waals surface area contributed by atoms with Crippen molar-refractivity contribution in [2.45, 2.75) is 32.2 Å². The highest BCUT2D eigenvalue weighted by atomic mass is 16.4. The van der Waals surface area contributed by atoms with Gasteiger partial charge in [0, 0.05) is 18.4 Å². The second-order valence-electron chi connectivity index (χ2n) is 4.76. The number of carboxylic acids is 1. The topological polar surface area (TPSA) is 96.5 Å². The van der Waals surface area contributed by atoms with E-state index in [4.69, 9.17) is 5.73 Å². The number of anilines is 1. The quantitative estimate of drug-likeness (QED) is 0.845. The molecule has 2 heterocycles. The van der Waals surface area contributed by atoms with E-state index in [2.05, 4.69) is 4.98 Å². The molecule has 0 bridgehead atoms. The van der Waals surface area contributed by atoms with Crippen molar-refractivity contribution in [3.05, 3.63) is 23.5 Å². The third-order valence-corrected chi connectivity index (χ3v) is 3.39. The van der Waals surface area contributed by atoms with Crippen molar-refractivity contribution in [3.8, 4) is 0 Å². The number of nitrogens with zero attached hydrogens (tertiary/aromatic N) is 2. The van der Waals surface area contributed by atoms with Crippen LogP contribution in [0, 0.1) is 6.92 Å². The number of piperidine rings is 1. The van der Waals surface area contributed by atoms with Crippen LogP contribution in [0.1, 0.15) is 35.3 Å². The number of hydrogen-bond donors (Lipinski definition) is 2. The van der Waals surface area contributed by atoms with Crippen LogP contribution in [0.5, 0.6) is 0 Å². The largest absolute Gasteiger partial charge is 0.478 e. The standard InChI is InChI=1S/C13H17N3O3/c1-8-6-11(9(7-15-8)13(18)19)16-5-3-2-4-10(16)12(14)17/h6-7,10H,2-5H2,1H3,(H2,14,17)(H,18,19). The van der Waals surface area contributed by atoms with E-state index < -0.39 is 17.9 Å². The summed E-state index contributed by atoms with van der Waals surface area (Å²) in [5.41, 5.74) is 6.77. The molecule has 0 saturated carbocycles. The molecule has 0 radical (unpaired) electrons. The van der Waals surface area contributed by atoms with Crippen LogP contribution >= 0.6 is 0 Å². The van der Waals surface area contributed by atoms with Crippen molar-refractivity contribution in [2.24, 2.45) is 5.73 Å². The minimum absolute atomic E-state index is 0.110. The summed E-state index contributed by atoms with van der Waals surface area (Å²) in [4.78, 5) is 28.6. The van der Waals surface area contributed by atoms with Gasteiger partial charge in [0.1, 0.15) is 11.6 Å². The Kier molecular flexibility index (Phi) is 3.69. The molecule has 1 aliphatic rings. The molecule has 3 N–H and O–H groups in total. The molecule has 19 heavy (non-hydrogen) atoms. The molecule has 102 valence electrons. The Bertz CT molecular complexity index is 516. The van der Waals surface area contributed by atoms with E-state index in [-0.39, 0.29) is 5.56 Å². The molecule has 0 aliphatic carbocycles. The van der Waals surface area contributed by atoms with E-state index >= 15 is 0 Å². The number of amides is 1. The van der Waals surface area contributed by atoms with Crippen LogP contribution in [-0.4, -0.2) is 34.6 Å². The number of nitrogens with two attached hydrogens (primary N) is 1. The van der Waals surface area contributed by atoms with Crippen LogP contribution in [0.15, 0.2) is 12.3 Å². The summed E-state index contributed by atoms with van der Waals surface area (Å²) < 4.78 is 0. The lowest BCUT2D eigenvalue weighted by atomic mass is 9.99. The van der Waals surface area contributed by atoms with Gasteiger partial charge in [0.15, 0.2) is 0 Å². The first-order valence-electron chi connectivity index (χ1n) is 6.26. The minimum Gasteiger partial charge on any atom is -0.478 e. The van der Waals surface area contributed by atoms with E-state index in [0.29, 0.717) is 24.3 Å². The molecule has 0 spiro atoms. The number of rotatable bonds is 3. The van der Waals surface area contributed by atoms with E-state index in [9.17, 15) is 14.7 Å². The van der Waals surface area contributed by atoms with Crippen LogP contribution in [0.3, 0.4) is 0 Å². The zero-order valence-electron chi connectivity index (χ0n) is 10.8. The Morgan fingerprint density at radius 2 is 2.21 bits per heavy atom. The number of aromatic nitrogens is 1. The van der Waals surface area contributed by atoms with E-state index in [1.54, 1.807) is 17.9 Å². The lowest BCUT2D eigenvalue weighted by Crippen LogP contribution is -2.48. The van der Waals surface area contributed by atoms with E-state index in [1.807, 2.05) is 0 Å². The van der Waals surface area contributed by atoms with Crippen LogP contribution < -0.4 is 10.6 Å². The maximum atomic E-state index is 11.5. The fraction of sp³-hybridized carbons (Fsp3) is 0.462. The Morgan fingerprint density at radius 1 is 1.47 bits per heavy atom. The molecular formula is C13H17N3O3. The average Bonchev–Trinajstić information content (AvgIpc) is 2.38. The molecule has 1 aromatic rings. The summed E-state index contributed by atoms with van der Waals surface area (Å²) in [6.07, 6.45) is 3.84. The van der Waals surface area contributed by atoms with Crippen molar-refractivity contribution in [3.63, 3.8) is 0 Å². The summed E-state index contributed by atoms with van der Waals surface area (Å²) >= 11 is 0. The molecule has 0 aromatic carbocycles. The second kappa shape index (κ2) is 5.26. The van der Waals surface area contributed by atoms with Crippen LogP contribution in [0.2, 0.25) is 0 Å². The zero-order chi connectivity index (χ0) is 14.0. The van der Waals surface area contributed by atoms with E-state index in [0.717, 1.165) is 12.8 Å². The second-order valence-corrected chi connectivity index (χ2v) is 4.76. The van der Waals surface area contributed by atoms with Gasteiger partial charge in [0.25, 0.3) is 0 Å². The molecular weight excluding hydrogens is 246 g/mol. The molecule has 2 rings (SSSR count). The SMILES string of the molecule is Cc1cc(N2CCCCC2C(N)=O)c(C(=O)O)cn1. The number of aryl methyl sites for hydroxylation is 1. The van der Waals surface area contributed by atoms with Crippen molar-refractivity contribution in [2.75, 3.05) is 11.4 Å². The Hall–Kier alpha value is -2.11. The van der Waals surface area contributed by atoms with Crippen LogP contribution in [-0.2, 0) is 4.79 Å². The third kappa shape index (κ3) is 2.67. The van der Waals surface area contributed by atoms with Gasteiger partial charge in [-0.25, -0.2) is 4.79 Å². The molecule has 6 heteroatoms. The predicted molar refractivity (Wildman–Crippen MR) is 70.1 cm³/mol. The van der Waals surface area contributed by atoms with Crippen LogP contribution in [0.4, 0.5) is 5.69 Å². The van der Waals surface area contributed by atoms with Crippen molar-refractivity contribution < 1.29 is 14.7 Å². The number of carbonyl (C=O) groups excluding carboxylic acids is 1. The third-order valence-electron chi connectivity index (χ3n) is 3.39. The highest BCUT2D eigenvalue weighted by molar-refractivity contribution is 5.95. The fourth-order valence-electron chi connectivity index (χ4n) is 2.46. The van der Waals surface area contributed by atoms with Gasteiger partial charge < -0.3 is 15.7 Å². The molecule has 1 saturated heterocycles. The van der Waals surface area contributed by atoms with Gasteiger partial charge in [-0.1, -0.05) is 0 Å². The van der Waals surface area contributed by atoms with Gasteiger partial charge in [-0.3, -0.25) is 9.78 Å². The van der Waals surface area contributed by atoms with Gasteiger partial charge in [-0.05, 0) is 32.3 Å². The highest BCUT2D eigenvalue weighted by Gasteiger charge is 2.29. The zero-order valence-corrected chi connectivity index (χ0v) is 10.8. The van der Waals surface area contributed by atoms with Crippen molar-refractivity contribution in [1.82, 2.24) is 4.98 Å². The number of primary amides is 1. The average molecular weight is 263 g/mol. The number of aromatic carboxylic acids is 1. The van der Waals surface area contributed by atoms with Crippen molar-refractivity contribution >= 4 is 17.6 Å². The maximum Gasteiger partial charge on any atom is 0.339 e. The molecule has 6 nitrogen and oxygen atoms in total. The smallest absolute Gasteiger partial charge is 0.339 e. The normalized spacial score (nSPS) is 19.2. The monoisotopic (exact) mass is 263 g/mol. The van der Waals surface area contributed by atoms with Gasteiger partial charge >= 0.3 is 5.97 Å². The predicted octanol–water partition coefficient (Wildman–Crippen LogP) is 0.932. The summed E-state index contributed by atoms with van der Waals surface area (Å²) in [5.74, 6) is -1.46. The van der Waals surface area contributed by atoms with Gasteiger partial charge in [0.05, 0.1) is 5.69 Å². The molecule has 1 fully saturated rings. The molecule has 1 aromatic heterocycles. The number of carboxylic acid groups (broad SMARTS) is 1. The first-order chi connectivity index (χ1) is 9.00. The van der Waals surface area contributed by atoms with Gasteiger partial charge in [-0.2, -0.15) is 0 Å². The lowest BCUT2D eigenvalue weighted by Gasteiger charge is -2.36. The summed E-state index contributed by atoms with van der Waals surface area (Å²) in [6, 6.07) is 1.26.